The first-order valence-corrected chi connectivity index (χ1v) is 5.26. The van der Waals surface area contributed by atoms with Crippen molar-refractivity contribution in [1.29, 1.82) is 0 Å². The van der Waals surface area contributed by atoms with E-state index in [2.05, 4.69) is 0 Å². The molecule has 0 heterocycles. The van der Waals surface area contributed by atoms with Gasteiger partial charge in [-0.15, -0.1) is 0 Å². The summed E-state index contributed by atoms with van der Waals surface area (Å²) < 4.78 is 31.7. The number of rotatable bonds is 5. The van der Waals surface area contributed by atoms with Gasteiger partial charge in [0.15, 0.2) is 17.4 Å². The third kappa shape index (κ3) is 3.45. The van der Waals surface area contributed by atoms with Crippen molar-refractivity contribution in [3.05, 3.63) is 29.3 Å². The molecule has 0 aliphatic rings. The summed E-state index contributed by atoms with van der Waals surface area (Å²) in [6, 6.07) is 2.15. The average Bonchev–Trinajstić information content (AvgIpc) is 2.21. The zero-order chi connectivity index (χ0) is 12.1. The maximum Gasteiger partial charge on any atom is 0.190 e. The first-order chi connectivity index (χ1) is 7.54. The monoisotopic (exact) mass is 230 g/mol. The molecule has 0 radical (unpaired) electrons. The van der Waals surface area contributed by atoms with Crippen LogP contribution in [0.3, 0.4) is 0 Å². The lowest BCUT2D eigenvalue weighted by atomic mass is 10.1. The Balaban J connectivity index is 2.72. The minimum atomic E-state index is -0.771. The minimum Gasteiger partial charge on any atom is -0.488 e. The van der Waals surface area contributed by atoms with Gasteiger partial charge in [0, 0.05) is 0 Å². The van der Waals surface area contributed by atoms with Crippen LogP contribution in [0.1, 0.15) is 25.8 Å². The molecule has 0 aliphatic heterocycles. The lowest BCUT2D eigenvalue weighted by molar-refractivity contribution is 0.259. The van der Waals surface area contributed by atoms with Crippen LogP contribution < -0.4 is 4.74 Å². The molecule has 0 aliphatic carbocycles. The van der Waals surface area contributed by atoms with E-state index >= 15 is 0 Å². The fourth-order valence-corrected chi connectivity index (χ4v) is 1.24. The average molecular weight is 230 g/mol. The van der Waals surface area contributed by atoms with Gasteiger partial charge >= 0.3 is 0 Å². The van der Waals surface area contributed by atoms with Crippen molar-refractivity contribution in [1.82, 2.24) is 0 Å². The summed E-state index contributed by atoms with van der Waals surface area (Å²) in [6.45, 7) is 3.90. The molecule has 1 aromatic carbocycles. The summed E-state index contributed by atoms with van der Waals surface area (Å²) in [5.41, 5.74) is 0.200. The van der Waals surface area contributed by atoms with Crippen molar-refractivity contribution in [2.24, 2.45) is 5.92 Å². The van der Waals surface area contributed by atoms with Gasteiger partial charge in [-0.2, -0.15) is 0 Å². The molecule has 0 aromatic heterocycles. The Labute approximate surface area is 93.9 Å². The van der Waals surface area contributed by atoms with Crippen LogP contribution in [0, 0.1) is 17.6 Å². The van der Waals surface area contributed by atoms with Crippen LogP contribution >= 0.6 is 0 Å². The summed E-state index contributed by atoms with van der Waals surface area (Å²) in [5, 5.41) is 8.75. The predicted molar refractivity (Wildman–Crippen MR) is 57.2 cm³/mol. The van der Waals surface area contributed by atoms with Crippen molar-refractivity contribution >= 4 is 0 Å². The van der Waals surface area contributed by atoms with Gasteiger partial charge in [0.05, 0.1) is 13.2 Å². The maximum atomic E-state index is 13.3. The zero-order valence-electron chi connectivity index (χ0n) is 9.46. The van der Waals surface area contributed by atoms with E-state index in [0.717, 1.165) is 18.6 Å². The number of hydrogen-bond donors (Lipinski definition) is 1. The van der Waals surface area contributed by atoms with E-state index in [4.69, 9.17) is 9.84 Å². The predicted octanol–water partition coefficient (Wildman–Crippen LogP) is 2.88. The number of aliphatic hydroxyl groups is 1. The van der Waals surface area contributed by atoms with Gasteiger partial charge in [0.25, 0.3) is 0 Å². The molecule has 0 bridgehead atoms. The van der Waals surface area contributed by atoms with E-state index < -0.39 is 11.6 Å². The van der Waals surface area contributed by atoms with Crippen LogP contribution in [-0.4, -0.2) is 11.7 Å². The van der Waals surface area contributed by atoms with Crippen LogP contribution in [0.5, 0.6) is 5.75 Å². The van der Waals surface area contributed by atoms with Crippen molar-refractivity contribution in [3.8, 4) is 5.75 Å². The van der Waals surface area contributed by atoms with E-state index in [0.29, 0.717) is 5.92 Å². The van der Waals surface area contributed by atoms with Gasteiger partial charge in [0.1, 0.15) is 0 Å². The van der Waals surface area contributed by atoms with Crippen LogP contribution in [0.25, 0.3) is 0 Å². The van der Waals surface area contributed by atoms with Crippen LogP contribution in [0.15, 0.2) is 12.1 Å². The van der Waals surface area contributed by atoms with Crippen molar-refractivity contribution in [2.75, 3.05) is 6.61 Å². The second kappa shape index (κ2) is 5.80. The Kier molecular flexibility index (Phi) is 4.68. The molecular formula is C12H16F2O2. The Bertz CT molecular complexity index is 328. The highest BCUT2D eigenvalue weighted by molar-refractivity contribution is 5.31. The topological polar surface area (TPSA) is 29.5 Å². The maximum absolute atomic E-state index is 13.3. The molecule has 4 heteroatoms. The molecule has 0 amide bonds. The third-order valence-corrected chi connectivity index (χ3v) is 2.18. The van der Waals surface area contributed by atoms with E-state index in [9.17, 15) is 8.78 Å². The quantitative estimate of drug-likeness (QED) is 0.842. The summed E-state index contributed by atoms with van der Waals surface area (Å²) in [5.74, 6) is -1.48. The number of halogens is 2. The Morgan fingerprint density at radius 3 is 2.25 bits per heavy atom. The van der Waals surface area contributed by atoms with Crippen molar-refractivity contribution in [2.45, 2.75) is 26.9 Å². The molecule has 0 fully saturated rings. The number of aliphatic hydroxyl groups excluding tert-OH is 1. The molecule has 0 atom stereocenters. The molecule has 0 unspecified atom stereocenters. The van der Waals surface area contributed by atoms with Gasteiger partial charge < -0.3 is 9.84 Å². The van der Waals surface area contributed by atoms with Crippen LogP contribution in [-0.2, 0) is 6.61 Å². The highest BCUT2D eigenvalue weighted by Gasteiger charge is 2.12. The molecule has 2 nitrogen and oxygen atoms in total. The normalized spacial score (nSPS) is 10.9. The number of benzene rings is 1. The first kappa shape index (κ1) is 12.9. The van der Waals surface area contributed by atoms with Gasteiger partial charge in [-0.25, -0.2) is 8.78 Å². The lowest BCUT2D eigenvalue weighted by Crippen LogP contribution is -2.05. The molecule has 0 spiro atoms. The molecule has 16 heavy (non-hydrogen) atoms. The Hall–Kier alpha value is -1.16. The third-order valence-electron chi connectivity index (χ3n) is 2.18. The SMILES string of the molecule is CC(C)CCOc1c(F)cc(CO)cc1F. The van der Waals surface area contributed by atoms with Gasteiger partial charge in [0.2, 0.25) is 0 Å². The molecule has 0 saturated carbocycles. The second-order valence-electron chi connectivity index (χ2n) is 4.08. The summed E-state index contributed by atoms with van der Waals surface area (Å²) in [7, 11) is 0. The standard InChI is InChI=1S/C12H16F2O2/c1-8(2)3-4-16-12-10(13)5-9(7-15)6-11(12)14/h5-6,8,15H,3-4,7H2,1-2H3. The van der Waals surface area contributed by atoms with E-state index in [1.165, 1.54) is 0 Å². The zero-order valence-corrected chi connectivity index (χ0v) is 9.46. The molecule has 1 aromatic rings. The van der Waals surface area contributed by atoms with E-state index in [1.807, 2.05) is 13.8 Å². The largest absolute Gasteiger partial charge is 0.488 e. The Morgan fingerprint density at radius 1 is 1.25 bits per heavy atom. The highest BCUT2D eigenvalue weighted by Crippen LogP contribution is 2.23. The van der Waals surface area contributed by atoms with E-state index in [1.54, 1.807) is 0 Å². The molecule has 0 saturated heterocycles. The lowest BCUT2D eigenvalue weighted by Gasteiger charge is -2.10. The molecule has 90 valence electrons. The van der Waals surface area contributed by atoms with Crippen LogP contribution in [0.4, 0.5) is 8.78 Å². The number of ether oxygens (including phenoxy) is 1. The molecular weight excluding hydrogens is 214 g/mol. The van der Waals surface area contributed by atoms with Crippen molar-refractivity contribution < 1.29 is 18.6 Å². The fourth-order valence-electron chi connectivity index (χ4n) is 1.24. The summed E-state index contributed by atoms with van der Waals surface area (Å²) in [4.78, 5) is 0. The molecule has 1 rings (SSSR count). The number of hydrogen-bond acceptors (Lipinski definition) is 2. The van der Waals surface area contributed by atoms with Gasteiger partial charge in [-0.1, -0.05) is 13.8 Å². The van der Waals surface area contributed by atoms with Crippen LogP contribution in [0.2, 0.25) is 0 Å². The van der Waals surface area contributed by atoms with E-state index in [-0.39, 0.29) is 24.5 Å². The first-order valence-electron chi connectivity index (χ1n) is 5.26. The minimum absolute atomic E-state index is 0.200. The second-order valence-corrected chi connectivity index (χ2v) is 4.08. The highest BCUT2D eigenvalue weighted by atomic mass is 19.1. The van der Waals surface area contributed by atoms with Crippen molar-refractivity contribution in [3.63, 3.8) is 0 Å². The van der Waals surface area contributed by atoms with Gasteiger partial charge in [-0.3, -0.25) is 0 Å². The summed E-state index contributed by atoms with van der Waals surface area (Å²) in [6.07, 6.45) is 0.737. The van der Waals surface area contributed by atoms with Gasteiger partial charge in [-0.05, 0) is 30.0 Å². The molecule has 1 N–H and O–H groups in total. The summed E-state index contributed by atoms with van der Waals surface area (Å²) >= 11 is 0. The Morgan fingerprint density at radius 2 is 1.81 bits per heavy atom. The smallest absolute Gasteiger partial charge is 0.190 e. The fraction of sp³-hybridized carbons (Fsp3) is 0.500.